The Morgan fingerprint density at radius 2 is 2.20 bits per heavy atom. The van der Waals surface area contributed by atoms with Gasteiger partial charge >= 0.3 is 0 Å². The highest BCUT2D eigenvalue weighted by atomic mass is 79.9. The van der Waals surface area contributed by atoms with E-state index in [1.807, 2.05) is 18.3 Å². The van der Waals surface area contributed by atoms with Gasteiger partial charge < -0.3 is 4.90 Å². The largest absolute Gasteiger partial charge is 0.367 e. The van der Waals surface area contributed by atoms with E-state index in [1.165, 1.54) is 16.8 Å². The van der Waals surface area contributed by atoms with Crippen LogP contribution in [0.3, 0.4) is 0 Å². The first kappa shape index (κ1) is 13.3. The van der Waals surface area contributed by atoms with Gasteiger partial charge in [0.15, 0.2) is 5.78 Å². The molecule has 3 nitrogen and oxygen atoms in total. The first-order valence-corrected chi connectivity index (χ1v) is 7.41. The maximum Gasteiger partial charge on any atom is 0.159 e. The molecule has 0 aliphatic carbocycles. The number of nitrogens with zero attached hydrogens (tertiary/aromatic N) is 2. The first-order valence-electron chi connectivity index (χ1n) is 6.62. The Morgan fingerprint density at radius 3 is 2.95 bits per heavy atom. The van der Waals surface area contributed by atoms with Gasteiger partial charge in [-0.1, -0.05) is 0 Å². The minimum Gasteiger partial charge on any atom is -0.367 e. The van der Waals surface area contributed by atoms with E-state index >= 15 is 0 Å². The molecule has 1 aromatic heterocycles. The molecule has 0 atom stereocenters. The lowest BCUT2D eigenvalue weighted by atomic mass is 10.1. The average Bonchev–Trinajstić information content (AvgIpc) is 2.81. The van der Waals surface area contributed by atoms with Crippen LogP contribution in [0.4, 0.5) is 5.69 Å². The van der Waals surface area contributed by atoms with Gasteiger partial charge in [0.25, 0.3) is 0 Å². The molecule has 0 spiro atoms. The average molecular weight is 331 g/mol. The first-order chi connectivity index (χ1) is 9.63. The number of ketones is 1. The molecule has 0 unspecified atom stereocenters. The number of pyridine rings is 1. The molecule has 0 saturated carbocycles. The van der Waals surface area contributed by atoms with Crippen LogP contribution in [0.2, 0.25) is 0 Å². The van der Waals surface area contributed by atoms with Crippen LogP contribution in [-0.4, -0.2) is 17.3 Å². The van der Waals surface area contributed by atoms with Crippen LogP contribution < -0.4 is 4.90 Å². The highest BCUT2D eigenvalue weighted by molar-refractivity contribution is 9.10. The number of hydrogen-bond donors (Lipinski definition) is 0. The van der Waals surface area contributed by atoms with Gasteiger partial charge in [-0.2, -0.15) is 0 Å². The summed E-state index contributed by atoms with van der Waals surface area (Å²) in [6.07, 6.45) is 4.69. The monoisotopic (exact) mass is 330 g/mol. The number of fused-ring (bicyclic) bond motifs is 1. The van der Waals surface area contributed by atoms with Gasteiger partial charge in [-0.15, -0.1) is 0 Å². The van der Waals surface area contributed by atoms with Gasteiger partial charge in [-0.25, -0.2) is 0 Å². The van der Waals surface area contributed by atoms with Crippen molar-refractivity contribution in [1.82, 2.24) is 4.98 Å². The molecular weight excluding hydrogens is 316 g/mol. The number of rotatable bonds is 3. The Morgan fingerprint density at radius 1 is 1.35 bits per heavy atom. The third-order valence-electron chi connectivity index (χ3n) is 3.61. The highest BCUT2D eigenvalue weighted by Gasteiger charge is 2.20. The van der Waals surface area contributed by atoms with Gasteiger partial charge in [-0.05, 0) is 64.7 Å². The highest BCUT2D eigenvalue weighted by Crippen LogP contribution is 2.30. The summed E-state index contributed by atoms with van der Waals surface area (Å²) in [5.74, 6) is 0.127. The number of carbonyl (C=O) groups excluding carboxylic acids is 1. The molecule has 0 radical (unpaired) electrons. The van der Waals surface area contributed by atoms with E-state index in [-0.39, 0.29) is 5.78 Å². The third-order valence-corrected chi connectivity index (χ3v) is 4.05. The van der Waals surface area contributed by atoms with Crippen molar-refractivity contribution in [2.75, 3.05) is 11.4 Å². The lowest BCUT2D eigenvalue weighted by Crippen LogP contribution is -2.19. The van der Waals surface area contributed by atoms with Crippen LogP contribution in [0.1, 0.15) is 28.4 Å². The summed E-state index contributed by atoms with van der Waals surface area (Å²) in [5, 5.41) is 0. The summed E-state index contributed by atoms with van der Waals surface area (Å²) in [6.45, 7) is 3.45. The Hall–Kier alpha value is -1.68. The predicted octanol–water partition coefficient (Wildman–Crippen LogP) is 3.61. The van der Waals surface area contributed by atoms with Crippen LogP contribution in [0.25, 0.3) is 0 Å². The molecule has 0 amide bonds. The molecule has 0 N–H and O–H groups in total. The van der Waals surface area contributed by atoms with Crippen molar-refractivity contribution in [2.24, 2.45) is 0 Å². The van der Waals surface area contributed by atoms with E-state index in [1.54, 1.807) is 13.1 Å². The Bertz CT molecular complexity index is 669. The number of hydrogen-bond acceptors (Lipinski definition) is 3. The SMILES string of the molecule is CC(=O)c1ccc2c(c1)CCN2Cc1cncc(Br)c1. The second kappa shape index (κ2) is 5.37. The molecule has 2 aromatic rings. The van der Waals surface area contributed by atoms with Gasteiger partial charge in [0, 0.05) is 41.2 Å². The van der Waals surface area contributed by atoms with Crippen molar-refractivity contribution in [2.45, 2.75) is 19.9 Å². The second-order valence-electron chi connectivity index (χ2n) is 5.08. The van der Waals surface area contributed by atoms with Crippen molar-refractivity contribution in [3.63, 3.8) is 0 Å². The Kier molecular flexibility index (Phi) is 3.57. The van der Waals surface area contributed by atoms with E-state index in [4.69, 9.17) is 0 Å². The summed E-state index contributed by atoms with van der Waals surface area (Å²) >= 11 is 3.45. The zero-order valence-corrected chi connectivity index (χ0v) is 12.9. The van der Waals surface area contributed by atoms with Crippen LogP contribution in [0, 0.1) is 0 Å². The predicted molar refractivity (Wildman–Crippen MR) is 83.1 cm³/mol. The number of benzene rings is 1. The Balaban J connectivity index is 1.84. The van der Waals surface area contributed by atoms with Crippen LogP contribution in [0.15, 0.2) is 41.1 Å². The fraction of sp³-hybridized carbons (Fsp3) is 0.250. The van der Waals surface area contributed by atoms with Gasteiger partial charge in [-0.3, -0.25) is 9.78 Å². The topological polar surface area (TPSA) is 33.2 Å². The van der Waals surface area contributed by atoms with Gasteiger partial charge in [0.1, 0.15) is 0 Å². The zero-order chi connectivity index (χ0) is 14.1. The van der Waals surface area contributed by atoms with Gasteiger partial charge in [0.2, 0.25) is 0 Å². The van der Waals surface area contributed by atoms with Crippen molar-refractivity contribution in [3.8, 4) is 0 Å². The number of aromatic nitrogens is 1. The second-order valence-corrected chi connectivity index (χ2v) is 6.00. The molecule has 102 valence electrons. The maximum atomic E-state index is 11.4. The summed E-state index contributed by atoms with van der Waals surface area (Å²) in [5.41, 5.74) is 4.48. The van der Waals surface area contributed by atoms with E-state index in [0.717, 1.165) is 29.5 Å². The van der Waals surface area contributed by atoms with E-state index in [2.05, 4.69) is 37.9 Å². The maximum absolute atomic E-state index is 11.4. The van der Waals surface area contributed by atoms with Crippen LogP contribution in [0.5, 0.6) is 0 Å². The lowest BCUT2D eigenvalue weighted by Gasteiger charge is -2.19. The summed E-state index contributed by atoms with van der Waals surface area (Å²) in [7, 11) is 0. The molecular formula is C16H15BrN2O. The zero-order valence-electron chi connectivity index (χ0n) is 11.3. The smallest absolute Gasteiger partial charge is 0.159 e. The molecule has 20 heavy (non-hydrogen) atoms. The fourth-order valence-electron chi connectivity index (χ4n) is 2.62. The molecule has 0 bridgehead atoms. The molecule has 1 aliphatic heterocycles. The van der Waals surface area contributed by atoms with Crippen molar-refractivity contribution in [3.05, 3.63) is 57.8 Å². The summed E-state index contributed by atoms with van der Waals surface area (Å²) in [6, 6.07) is 8.09. The molecule has 1 aliphatic rings. The minimum absolute atomic E-state index is 0.127. The van der Waals surface area contributed by atoms with Gasteiger partial charge in [0.05, 0.1) is 0 Å². The van der Waals surface area contributed by atoms with Crippen LogP contribution >= 0.6 is 15.9 Å². The molecule has 1 aromatic carbocycles. The van der Waals surface area contributed by atoms with Crippen molar-refractivity contribution >= 4 is 27.4 Å². The number of carbonyl (C=O) groups is 1. The molecule has 2 heterocycles. The minimum atomic E-state index is 0.127. The number of halogens is 1. The molecule has 0 saturated heterocycles. The Labute approximate surface area is 126 Å². The lowest BCUT2D eigenvalue weighted by molar-refractivity contribution is 0.101. The van der Waals surface area contributed by atoms with Crippen molar-refractivity contribution < 1.29 is 4.79 Å². The fourth-order valence-corrected chi connectivity index (χ4v) is 3.03. The molecule has 4 heteroatoms. The normalized spacial score (nSPS) is 13.4. The van der Waals surface area contributed by atoms with Crippen molar-refractivity contribution in [1.29, 1.82) is 0 Å². The molecule has 0 fully saturated rings. The van der Waals surface area contributed by atoms with Crippen LogP contribution in [-0.2, 0) is 13.0 Å². The number of anilines is 1. The van der Waals surface area contributed by atoms with E-state index in [9.17, 15) is 4.79 Å². The van der Waals surface area contributed by atoms with E-state index < -0.39 is 0 Å². The quantitative estimate of drug-likeness (QED) is 0.806. The van der Waals surface area contributed by atoms with E-state index in [0.29, 0.717) is 0 Å². The third kappa shape index (κ3) is 2.61. The molecule has 3 rings (SSSR count). The number of Topliss-reactive ketones (excluding diaryl/α,β-unsaturated/α-hetero) is 1. The standard InChI is InChI=1S/C16H15BrN2O/c1-11(20)13-2-3-16-14(7-13)4-5-19(16)10-12-6-15(17)9-18-8-12/h2-3,6-9H,4-5,10H2,1H3. The summed E-state index contributed by atoms with van der Waals surface area (Å²) < 4.78 is 1.00. The summed E-state index contributed by atoms with van der Waals surface area (Å²) in [4.78, 5) is 18.0.